The maximum Gasteiger partial charge on any atom is 0.0521 e. The van der Waals surface area contributed by atoms with E-state index in [9.17, 15) is 0 Å². The van der Waals surface area contributed by atoms with E-state index in [0.717, 1.165) is 6.42 Å². The normalized spacial score (nSPS) is 8.56. The molecule has 0 bridgehead atoms. The predicted molar refractivity (Wildman–Crippen MR) is 40.6 cm³/mol. The Labute approximate surface area is 55.6 Å². The quantitative estimate of drug-likeness (QED) is 0.425. The monoisotopic (exact) mass is 124 g/mol. The highest BCUT2D eigenvalue weighted by Crippen LogP contribution is 1.92. The molecule has 0 heterocycles. The van der Waals surface area contributed by atoms with Gasteiger partial charge in [0.05, 0.1) is 5.71 Å². The van der Waals surface area contributed by atoms with Crippen molar-refractivity contribution >= 4 is 11.4 Å². The predicted octanol–water partition coefficient (Wildman–Crippen LogP) is 2.01. The first-order valence-corrected chi connectivity index (χ1v) is 2.92. The van der Waals surface area contributed by atoms with Gasteiger partial charge in [-0.3, -0.25) is 0 Å². The summed E-state index contributed by atoms with van der Waals surface area (Å²) in [7, 11) is 0. The topological polar surface area (TPSA) is 47.7 Å². The van der Waals surface area contributed by atoms with Gasteiger partial charge in [-0.2, -0.15) is 0 Å². The van der Waals surface area contributed by atoms with Crippen molar-refractivity contribution in [3.63, 3.8) is 0 Å². The summed E-state index contributed by atoms with van der Waals surface area (Å²) in [5.41, 5.74) is 0.770. The lowest BCUT2D eigenvalue weighted by Crippen LogP contribution is -2.05. The molecule has 2 N–H and O–H groups in total. The van der Waals surface area contributed by atoms with Crippen LogP contribution in [-0.4, -0.2) is 11.4 Å². The molecule has 0 fully saturated rings. The van der Waals surface area contributed by atoms with Gasteiger partial charge in [0.2, 0.25) is 0 Å². The zero-order valence-corrected chi connectivity index (χ0v) is 5.70. The summed E-state index contributed by atoms with van der Waals surface area (Å²) < 4.78 is 0. The lowest BCUT2D eigenvalue weighted by atomic mass is 10.1. The van der Waals surface area contributed by atoms with E-state index in [2.05, 4.69) is 6.58 Å². The molecule has 0 aliphatic rings. The van der Waals surface area contributed by atoms with Crippen LogP contribution in [0.3, 0.4) is 0 Å². The summed E-state index contributed by atoms with van der Waals surface area (Å²) in [4.78, 5) is 0. The van der Waals surface area contributed by atoms with Gasteiger partial charge in [0.1, 0.15) is 0 Å². The molecule has 0 aromatic carbocycles. The Morgan fingerprint density at radius 2 is 2.11 bits per heavy atom. The smallest absolute Gasteiger partial charge is 0.0521 e. The van der Waals surface area contributed by atoms with Gasteiger partial charge in [-0.25, -0.2) is 0 Å². The van der Waals surface area contributed by atoms with Gasteiger partial charge >= 0.3 is 0 Å². The molecule has 0 radical (unpaired) electrons. The molecule has 0 aromatic heterocycles. The van der Waals surface area contributed by atoms with Crippen molar-refractivity contribution in [2.24, 2.45) is 0 Å². The first-order chi connectivity index (χ1) is 4.18. The number of hydrogen-bond donors (Lipinski definition) is 2. The molecule has 2 heteroatoms. The molecular weight excluding hydrogens is 112 g/mol. The van der Waals surface area contributed by atoms with Gasteiger partial charge < -0.3 is 10.8 Å². The van der Waals surface area contributed by atoms with Crippen LogP contribution in [0.5, 0.6) is 0 Å². The highest BCUT2D eigenvalue weighted by Gasteiger charge is 1.95. The van der Waals surface area contributed by atoms with Crippen molar-refractivity contribution in [2.75, 3.05) is 0 Å². The molecule has 50 valence electrons. The van der Waals surface area contributed by atoms with Crippen molar-refractivity contribution in [1.82, 2.24) is 0 Å². The van der Waals surface area contributed by atoms with E-state index < -0.39 is 0 Å². The van der Waals surface area contributed by atoms with Crippen molar-refractivity contribution < 1.29 is 0 Å². The second-order valence-corrected chi connectivity index (χ2v) is 1.93. The Morgan fingerprint density at radius 3 is 2.44 bits per heavy atom. The maximum atomic E-state index is 7.17. The minimum absolute atomic E-state index is 0.358. The van der Waals surface area contributed by atoms with E-state index in [0.29, 0.717) is 17.8 Å². The molecule has 0 amide bonds. The Morgan fingerprint density at radius 1 is 1.56 bits per heavy atom. The van der Waals surface area contributed by atoms with Crippen molar-refractivity contribution in [3.8, 4) is 0 Å². The summed E-state index contributed by atoms with van der Waals surface area (Å²) in [6.45, 7) is 5.16. The van der Waals surface area contributed by atoms with Crippen LogP contribution in [-0.2, 0) is 0 Å². The third kappa shape index (κ3) is 3.64. The standard InChI is InChI=1S/C7H12N2/c1-3-4-5-7(9)6(2)8/h3,8-9H,1,4-5H2,2H3. The number of rotatable bonds is 4. The molecule has 0 unspecified atom stereocenters. The fourth-order valence-corrected chi connectivity index (χ4v) is 0.434. The molecule has 2 nitrogen and oxygen atoms in total. The van der Waals surface area contributed by atoms with Crippen LogP contribution in [0.25, 0.3) is 0 Å². The minimum atomic E-state index is 0.358. The summed E-state index contributed by atoms with van der Waals surface area (Å²) >= 11 is 0. The molecule has 0 rings (SSSR count). The summed E-state index contributed by atoms with van der Waals surface area (Å²) in [5, 5.41) is 14.2. The molecule has 0 aliphatic carbocycles. The third-order valence-electron chi connectivity index (χ3n) is 1.05. The zero-order chi connectivity index (χ0) is 7.28. The molecule has 0 aromatic rings. The van der Waals surface area contributed by atoms with Gasteiger partial charge in [0, 0.05) is 5.71 Å². The Hall–Kier alpha value is -0.920. The van der Waals surface area contributed by atoms with Crippen molar-refractivity contribution in [1.29, 1.82) is 10.8 Å². The second kappa shape index (κ2) is 4.01. The van der Waals surface area contributed by atoms with Crippen LogP contribution in [0.1, 0.15) is 19.8 Å². The van der Waals surface area contributed by atoms with Crippen LogP contribution in [0.4, 0.5) is 0 Å². The fourth-order valence-electron chi connectivity index (χ4n) is 0.434. The van der Waals surface area contributed by atoms with E-state index in [-0.39, 0.29) is 0 Å². The first-order valence-electron chi connectivity index (χ1n) is 2.92. The van der Waals surface area contributed by atoms with Crippen LogP contribution in [0.15, 0.2) is 12.7 Å². The van der Waals surface area contributed by atoms with E-state index in [1.165, 1.54) is 0 Å². The molecule has 0 spiro atoms. The van der Waals surface area contributed by atoms with E-state index >= 15 is 0 Å². The number of nitrogens with one attached hydrogen (secondary N) is 2. The van der Waals surface area contributed by atoms with Crippen molar-refractivity contribution in [2.45, 2.75) is 19.8 Å². The second-order valence-electron chi connectivity index (χ2n) is 1.93. The number of allylic oxidation sites excluding steroid dienone is 1. The largest absolute Gasteiger partial charge is 0.304 e. The van der Waals surface area contributed by atoms with Gasteiger partial charge in [-0.1, -0.05) is 6.08 Å². The van der Waals surface area contributed by atoms with Gasteiger partial charge in [-0.05, 0) is 19.8 Å². The first kappa shape index (κ1) is 8.08. The van der Waals surface area contributed by atoms with Crippen LogP contribution in [0, 0.1) is 10.8 Å². The average Bonchev–Trinajstić information content (AvgIpc) is 1.82. The minimum Gasteiger partial charge on any atom is -0.304 e. The molecule has 0 saturated heterocycles. The molecule has 0 atom stereocenters. The summed E-state index contributed by atoms with van der Waals surface area (Å²) in [5.74, 6) is 0. The Bertz CT molecular complexity index is 136. The number of hydrogen-bond acceptors (Lipinski definition) is 2. The summed E-state index contributed by atoms with van der Waals surface area (Å²) in [6, 6.07) is 0. The van der Waals surface area contributed by atoms with Crippen molar-refractivity contribution in [3.05, 3.63) is 12.7 Å². The SMILES string of the molecule is C=CCCC(=N)C(C)=N. The Balaban J connectivity index is 3.51. The van der Waals surface area contributed by atoms with Crippen LogP contribution >= 0.6 is 0 Å². The van der Waals surface area contributed by atoms with E-state index in [4.69, 9.17) is 10.8 Å². The van der Waals surface area contributed by atoms with Gasteiger partial charge in [0.25, 0.3) is 0 Å². The van der Waals surface area contributed by atoms with Crippen LogP contribution in [0.2, 0.25) is 0 Å². The van der Waals surface area contributed by atoms with E-state index in [1.807, 2.05) is 0 Å². The molecule has 0 aliphatic heterocycles. The third-order valence-corrected chi connectivity index (χ3v) is 1.05. The van der Waals surface area contributed by atoms with Gasteiger partial charge in [0.15, 0.2) is 0 Å². The summed E-state index contributed by atoms with van der Waals surface area (Å²) in [6.07, 6.45) is 3.21. The molecule has 9 heavy (non-hydrogen) atoms. The zero-order valence-electron chi connectivity index (χ0n) is 5.70. The lowest BCUT2D eigenvalue weighted by molar-refractivity contribution is 1.09. The van der Waals surface area contributed by atoms with E-state index in [1.54, 1.807) is 13.0 Å². The lowest BCUT2D eigenvalue weighted by Gasteiger charge is -1.95. The molecule has 0 saturated carbocycles. The maximum absolute atomic E-state index is 7.17. The highest BCUT2D eigenvalue weighted by atomic mass is 14.5. The Kier molecular flexibility index (Phi) is 3.60. The highest BCUT2D eigenvalue weighted by molar-refractivity contribution is 6.38. The van der Waals surface area contributed by atoms with Crippen LogP contribution < -0.4 is 0 Å². The fraction of sp³-hybridized carbons (Fsp3) is 0.429. The molecular formula is C7H12N2. The average molecular weight is 124 g/mol. The van der Waals surface area contributed by atoms with Gasteiger partial charge in [-0.15, -0.1) is 6.58 Å².